The number of pyridine rings is 1. The van der Waals surface area contributed by atoms with Gasteiger partial charge in [-0.15, -0.1) is 0 Å². The summed E-state index contributed by atoms with van der Waals surface area (Å²) < 4.78 is 38.0. The third kappa shape index (κ3) is 3.26. The van der Waals surface area contributed by atoms with Gasteiger partial charge in [0, 0.05) is 17.8 Å². The third-order valence-electron chi connectivity index (χ3n) is 1.43. The van der Waals surface area contributed by atoms with E-state index < -0.39 is 20.9 Å². The van der Waals surface area contributed by atoms with E-state index in [9.17, 15) is 12.8 Å². The second-order valence-corrected chi connectivity index (χ2v) is 4.85. The van der Waals surface area contributed by atoms with Gasteiger partial charge in [0.1, 0.15) is 0 Å². The normalized spacial score (nSPS) is 11.3. The van der Waals surface area contributed by atoms with E-state index in [0.29, 0.717) is 0 Å². The van der Waals surface area contributed by atoms with Crippen LogP contribution in [0.4, 0.5) is 4.39 Å². The average Bonchev–Trinajstić information content (AvgIpc) is 2.15. The molecule has 0 saturated heterocycles. The van der Waals surface area contributed by atoms with Crippen molar-refractivity contribution in [2.75, 3.05) is 6.54 Å². The van der Waals surface area contributed by atoms with E-state index in [-0.39, 0.29) is 11.6 Å². The van der Waals surface area contributed by atoms with Gasteiger partial charge in [0.2, 0.25) is 5.03 Å². The highest BCUT2D eigenvalue weighted by Crippen LogP contribution is 2.09. The van der Waals surface area contributed by atoms with Crippen LogP contribution < -0.4 is 4.72 Å². The summed E-state index contributed by atoms with van der Waals surface area (Å²) in [5.41, 5.74) is 0. The van der Waals surface area contributed by atoms with E-state index in [1.807, 2.05) is 0 Å². The highest BCUT2D eigenvalue weighted by atomic mass is 35.5. The number of nitrogens with one attached hydrogen (secondary N) is 1. The Morgan fingerprint density at radius 1 is 1.67 bits per heavy atom. The molecule has 0 aromatic carbocycles. The molecule has 0 radical (unpaired) electrons. The van der Waals surface area contributed by atoms with Gasteiger partial charge in [-0.1, -0.05) is 18.2 Å². The molecule has 7 heteroatoms. The van der Waals surface area contributed by atoms with Crippen LogP contribution in [0.1, 0.15) is 0 Å². The van der Waals surface area contributed by atoms with Crippen molar-refractivity contribution in [2.24, 2.45) is 0 Å². The minimum Gasteiger partial charge on any atom is -0.241 e. The Morgan fingerprint density at radius 2 is 2.33 bits per heavy atom. The van der Waals surface area contributed by atoms with Gasteiger partial charge in [-0.05, 0) is 12.1 Å². The number of hydrogen-bond donors (Lipinski definition) is 1. The summed E-state index contributed by atoms with van der Waals surface area (Å²) in [7, 11) is -3.97. The highest BCUT2D eigenvalue weighted by Gasteiger charge is 2.19. The number of halogens is 2. The molecule has 4 nitrogen and oxygen atoms in total. The lowest BCUT2D eigenvalue weighted by Gasteiger charge is -2.04. The van der Waals surface area contributed by atoms with Crippen molar-refractivity contribution >= 4 is 21.6 Å². The summed E-state index contributed by atoms with van der Waals surface area (Å²) in [5.74, 6) is -0.912. The van der Waals surface area contributed by atoms with Crippen LogP contribution in [0.2, 0.25) is 0 Å². The van der Waals surface area contributed by atoms with Crippen LogP contribution in [0.5, 0.6) is 0 Å². The molecule has 15 heavy (non-hydrogen) atoms. The van der Waals surface area contributed by atoms with Gasteiger partial charge in [0.05, 0.1) is 0 Å². The molecule has 0 aliphatic rings. The molecule has 1 N–H and O–H groups in total. The van der Waals surface area contributed by atoms with E-state index in [1.54, 1.807) is 0 Å². The molecule has 0 aliphatic heterocycles. The molecular formula is C8H8ClFN2O2S. The number of hydrogen-bond acceptors (Lipinski definition) is 3. The van der Waals surface area contributed by atoms with Crippen molar-refractivity contribution in [3.63, 3.8) is 0 Å². The van der Waals surface area contributed by atoms with E-state index in [4.69, 9.17) is 11.6 Å². The molecule has 0 aliphatic carbocycles. The molecule has 1 heterocycles. The molecule has 1 rings (SSSR count). The summed E-state index contributed by atoms with van der Waals surface area (Å²) in [6.45, 7) is 3.13. The monoisotopic (exact) mass is 250 g/mol. The minimum absolute atomic E-state index is 0.106. The highest BCUT2D eigenvalue weighted by molar-refractivity contribution is 7.89. The predicted octanol–water partition coefficient (Wildman–Crippen LogP) is 1.25. The van der Waals surface area contributed by atoms with Crippen molar-refractivity contribution in [3.05, 3.63) is 35.8 Å². The SMILES string of the molecule is C=C(Cl)CNS(=O)(=O)c1ncccc1F. The van der Waals surface area contributed by atoms with E-state index >= 15 is 0 Å². The van der Waals surface area contributed by atoms with Crippen molar-refractivity contribution < 1.29 is 12.8 Å². The molecule has 1 aromatic heterocycles. The zero-order valence-corrected chi connectivity index (χ0v) is 9.15. The van der Waals surface area contributed by atoms with Crippen LogP contribution in [-0.4, -0.2) is 19.9 Å². The first-order valence-corrected chi connectivity index (χ1v) is 5.73. The molecule has 0 saturated carbocycles. The fourth-order valence-electron chi connectivity index (χ4n) is 0.811. The lowest BCUT2D eigenvalue weighted by molar-refractivity contribution is 0.547. The topological polar surface area (TPSA) is 59.1 Å². The van der Waals surface area contributed by atoms with Crippen LogP contribution in [0, 0.1) is 5.82 Å². The number of nitrogens with zero attached hydrogens (tertiary/aromatic N) is 1. The average molecular weight is 251 g/mol. The molecule has 0 unspecified atom stereocenters. The first-order valence-electron chi connectivity index (χ1n) is 3.87. The number of sulfonamides is 1. The van der Waals surface area contributed by atoms with Gasteiger partial charge in [-0.2, -0.15) is 0 Å². The first-order chi connectivity index (χ1) is 6.93. The Morgan fingerprint density at radius 3 is 2.87 bits per heavy atom. The lowest BCUT2D eigenvalue weighted by Crippen LogP contribution is -2.26. The molecule has 0 atom stereocenters. The molecule has 82 valence electrons. The van der Waals surface area contributed by atoms with Gasteiger partial charge in [-0.3, -0.25) is 0 Å². The summed E-state index contributed by atoms with van der Waals surface area (Å²) in [4.78, 5) is 3.43. The first kappa shape index (κ1) is 12.1. The van der Waals surface area contributed by atoms with Crippen LogP contribution in [0.25, 0.3) is 0 Å². The fraction of sp³-hybridized carbons (Fsp3) is 0.125. The second-order valence-electron chi connectivity index (χ2n) is 2.63. The van der Waals surface area contributed by atoms with Gasteiger partial charge in [0.25, 0.3) is 10.0 Å². The molecule has 0 fully saturated rings. The van der Waals surface area contributed by atoms with Crippen molar-refractivity contribution in [2.45, 2.75) is 5.03 Å². The standard InChI is InChI=1S/C8H8ClFN2O2S/c1-6(9)5-12-15(13,14)8-7(10)3-2-4-11-8/h2-4,12H,1,5H2. The Hall–Kier alpha value is -0.980. The minimum atomic E-state index is -3.97. The van der Waals surface area contributed by atoms with Gasteiger partial charge in [-0.25, -0.2) is 22.5 Å². The maximum atomic E-state index is 13.1. The quantitative estimate of drug-likeness (QED) is 0.875. The second kappa shape index (κ2) is 4.69. The maximum Gasteiger partial charge on any atom is 0.261 e. The number of rotatable bonds is 4. The van der Waals surface area contributed by atoms with E-state index in [1.165, 1.54) is 12.3 Å². The molecule has 0 spiro atoms. The van der Waals surface area contributed by atoms with E-state index in [2.05, 4.69) is 16.3 Å². The Balaban J connectivity index is 2.97. The Kier molecular flexibility index (Phi) is 3.78. The predicted molar refractivity (Wildman–Crippen MR) is 54.4 cm³/mol. The third-order valence-corrected chi connectivity index (χ3v) is 2.90. The summed E-state index contributed by atoms with van der Waals surface area (Å²) >= 11 is 5.38. The van der Waals surface area contributed by atoms with Crippen LogP contribution >= 0.6 is 11.6 Å². The zero-order valence-electron chi connectivity index (χ0n) is 7.57. The molecule has 0 amide bonds. The Bertz CT molecular complexity index is 475. The Labute approximate surface area is 91.8 Å². The lowest BCUT2D eigenvalue weighted by atomic mass is 10.5. The summed E-state index contributed by atoms with van der Waals surface area (Å²) in [6.07, 6.45) is 1.19. The van der Waals surface area contributed by atoms with Gasteiger partial charge < -0.3 is 0 Å². The smallest absolute Gasteiger partial charge is 0.241 e. The zero-order chi connectivity index (χ0) is 11.5. The van der Waals surface area contributed by atoms with E-state index in [0.717, 1.165) is 6.07 Å². The molecule has 1 aromatic rings. The van der Waals surface area contributed by atoms with Crippen molar-refractivity contribution in [1.82, 2.24) is 9.71 Å². The van der Waals surface area contributed by atoms with Gasteiger partial charge >= 0.3 is 0 Å². The van der Waals surface area contributed by atoms with Crippen LogP contribution in [-0.2, 0) is 10.0 Å². The number of aromatic nitrogens is 1. The molecule has 0 bridgehead atoms. The molecular weight excluding hydrogens is 243 g/mol. The van der Waals surface area contributed by atoms with Crippen molar-refractivity contribution in [1.29, 1.82) is 0 Å². The summed E-state index contributed by atoms with van der Waals surface area (Å²) in [5, 5.41) is -0.544. The van der Waals surface area contributed by atoms with Gasteiger partial charge in [0.15, 0.2) is 5.82 Å². The van der Waals surface area contributed by atoms with Crippen molar-refractivity contribution in [3.8, 4) is 0 Å². The largest absolute Gasteiger partial charge is 0.261 e. The fourth-order valence-corrected chi connectivity index (χ4v) is 1.98. The van der Waals surface area contributed by atoms with Crippen LogP contribution in [0.3, 0.4) is 0 Å². The summed E-state index contributed by atoms with van der Waals surface area (Å²) in [6, 6.07) is 2.31. The van der Waals surface area contributed by atoms with Crippen LogP contribution in [0.15, 0.2) is 35.0 Å². The maximum absolute atomic E-state index is 13.1.